The summed E-state index contributed by atoms with van der Waals surface area (Å²) < 4.78 is 0. The molecule has 1 atom stereocenters. The minimum absolute atomic E-state index is 0.143. The zero-order valence-electron chi connectivity index (χ0n) is 9.76. The summed E-state index contributed by atoms with van der Waals surface area (Å²) in [6, 6.07) is 6.08. The Labute approximate surface area is 97.6 Å². The predicted molar refractivity (Wildman–Crippen MR) is 67.2 cm³/mol. The second kappa shape index (κ2) is 5.53. The van der Waals surface area contributed by atoms with Crippen LogP contribution in [0.1, 0.15) is 43.9 Å². The third kappa shape index (κ3) is 3.84. The van der Waals surface area contributed by atoms with E-state index >= 15 is 0 Å². The van der Waals surface area contributed by atoms with Crippen molar-refractivity contribution in [3.05, 3.63) is 34.3 Å². The highest BCUT2D eigenvalue weighted by atomic mass is 35.5. The van der Waals surface area contributed by atoms with E-state index in [4.69, 9.17) is 17.3 Å². The SMILES string of the molecule is Cc1cc(Cl)ccc1[C@H](N)CCC(C)C. The van der Waals surface area contributed by atoms with Crippen LogP contribution in [-0.4, -0.2) is 0 Å². The van der Waals surface area contributed by atoms with E-state index < -0.39 is 0 Å². The van der Waals surface area contributed by atoms with Crippen molar-refractivity contribution in [1.82, 2.24) is 0 Å². The average Bonchev–Trinajstić information content (AvgIpc) is 2.14. The van der Waals surface area contributed by atoms with Gasteiger partial charge in [-0.25, -0.2) is 0 Å². The van der Waals surface area contributed by atoms with Gasteiger partial charge in [-0.05, 0) is 48.9 Å². The van der Waals surface area contributed by atoms with E-state index in [-0.39, 0.29) is 6.04 Å². The lowest BCUT2D eigenvalue weighted by Crippen LogP contribution is -2.12. The van der Waals surface area contributed by atoms with Crippen LogP contribution < -0.4 is 5.73 Å². The van der Waals surface area contributed by atoms with Crippen LogP contribution in [0.5, 0.6) is 0 Å². The summed E-state index contributed by atoms with van der Waals surface area (Å²) in [4.78, 5) is 0. The maximum absolute atomic E-state index is 6.15. The second-order valence-corrected chi connectivity index (χ2v) is 5.02. The van der Waals surface area contributed by atoms with Crippen LogP contribution >= 0.6 is 11.6 Å². The van der Waals surface area contributed by atoms with E-state index in [1.54, 1.807) is 0 Å². The van der Waals surface area contributed by atoms with Gasteiger partial charge in [0, 0.05) is 11.1 Å². The van der Waals surface area contributed by atoms with Gasteiger partial charge in [-0.3, -0.25) is 0 Å². The van der Waals surface area contributed by atoms with Crippen LogP contribution in [0.3, 0.4) is 0 Å². The monoisotopic (exact) mass is 225 g/mol. The Morgan fingerprint density at radius 2 is 1.93 bits per heavy atom. The topological polar surface area (TPSA) is 26.0 Å². The number of nitrogens with two attached hydrogens (primary N) is 1. The Hall–Kier alpha value is -0.530. The van der Waals surface area contributed by atoms with Crippen molar-refractivity contribution in [3.63, 3.8) is 0 Å². The number of halogens is 1. The lowest BCUT2D eigenvalue weighted by molar-refractivity contribution is 0.506. The molecule has 1 aromatic rings. The fraction of sp³-hybridized carbons (Fsp3) is 0.538. The van der Waals surface area contributed by atoms with Gasteiger partial charge in [0.15, 0.2) is 0 Å². The molecule has 1 aromatic carbocycles. The molecule has 2 N–H and O–H groups in total. The smallest absolute Gasteiger partial charge is 0.0408 e. The lowest BCUT2D eigenvalue weighted by atomic mass is 9.95. The first-order chi connectivity index (χ1) is 7.00. The van der Waals surface area contributed by atoms with Crippen molar-refractivity contribution < 1.29 is 0 Å². The van der Waals surface area contributed by atoms with Crippen molar-refractivity contribution in [3.8, 4) is 0 Å². The third-order valence-corrected chi connectivity index (χ3v) is 2.92. The highest BCUT2D eigenvalue weighted by Gasteiger charge is 2.09. The van der Waals surface area contributed by atoms with E-state index in [0.717, 1.165) is 11.4 Å². The molecule has 0 amide bonds. The van der Waals surface area contributed by atoms with Crippen LogP contribution in [0.25, 0.3) is 0 Å². The Balaban J connectivity index is 2.69. The van der Waals surface area contributed by atoms with Gasteiger partial charge in [0.1, 0.15) is 0 Å². The Morgan fingerprint density at radius 3 is 2.47 bits per heavy atom. The van der Waals surface area contributed by atoms with Gasteiger partial charge in [-0.2, -0.15) is 0 Å². The zero-order chi connectivity index (χ0) is 11.4. The van der Waals surface area contributed by atoms with Crippen LogP contribution in [0.4, 0.5) is 0 Å². The molecule has 84 valence electrons. The molecule has 0 aromatic heterocycles. The first kappa shape index (κ1) is 12.5. The average molecular weight is 226 g/mol. The number of hydrogen-bond donors (Lipinski definition) is 1. The number of benzene rings is 1. The molecule has 2 heteroatoms. The first-order valence-corrected chi connectivity index (χ1v) is 5.90. The molecule has 0 saturated heterocycles. The first-order valence-electron chi connectivity index (χ1n) is 5.52. The summed E-state index contributed by atoms with van der Waals surface area (Å²) in [5.74, 6) is 0.712. The molecule has 15 heavy (non-hydrogen) atoms. The van der Waals surface area contributed by atoms with Gasteiger partial charge >= 0.3 is 0 Å². The lowest BCUT2D eigenvalue weighted by Gasteiger charge is -2.16. The van der Waals surface area contributed by atoms with Gasteiger partial charge in [-0.1, -0.05) is 31.5 Å². The molecule has 0 heterocycles. The van der Waals surface area contributed by atoms with Crippen LogP contribution in [-0.2, 0) is 0 Å². The molecule has 0 aliphatic carbocycles. The minimum atomic E-state index is 0.143. The standard InChI is InChI=1S/C13H20ClN/c1-9(2)4-7-13(15)12-6-5-11(14)8-10(12)3/h5-6,8-9,13H,4,7,15H2,1-3H3/t13-/m1/s1. The third-order valence-electron chi connectivity index (χ3n) is 2.69. The van der Waals surface area contributed by atoms with E-state index in [2.05, 4.69) is 20.8 Å². The maximum atomic E-state index is 6.15. The number of rotatable bonds is 4. The van der Waals surface area contributed by atoms with Gasteiger partial charge < -0.3 is 5.73 Å². The second-order valence-electron chi connectivity index (χ2n) is 4.58. The van der Waals surface area contributed by atoms with E-state index in [1.807, 2.05) is 18.2 Å². The highest BCUT2D eigenvalue weighted by molar-refractivity contribution is 6.30. The summed E-state index contributed by atoms with van der Waals surface area (Å²) in [5, 5.41) is 0.785. The maximum Gasteiger partial charge on any atom is 0.0408 e. The predicted octanol–water partition coefficient (Wildman–Crippen LogP) is 4.08. The van der Waals surface area contributed by atoms with Gasteiger partial charge in [-0.15, -0.1) is 0 Å². The molecule has 0 saturated carbocycles. The Morgan fingerprint density at radius 1 is 1.27 bits per heavy atom. The van der Waals surface area contributed by atoms with Gasteiger partial charge in [0.2, 0.25) is 0 Å². The Kier molecular flexibility index (Phi) is 4.62. The molecule has 0 unspecified atom stereocenters. The van der Waals surface area contributed by atoms with Crippen LogP contribution in [0, 0.1) is 12.8 Å². The van der Waals surface area contributed by atoms with E-state index in [0.29, 0.717) is 5.92 Å². The van der Waals surface area contributed by atoms with Crippen molar-refractivity contribution in [2.24, 2.45) is 11.7 Å². The fourth-order valence-electron chi connectivity index (χ4n) is 1.72. The molecule has 0 bridgehead atoms. The van der Waals surface area contributed by atoms with Crippen molar-refractivity contribution >= 4 is 11.6 Å². The van der Waals surface area contributed by atoms with Crippen LogP contribution in [0.15, 0.2) is 18.2 Å². The Bertz CT molecular complexity index is 320. The molecule has 0 fully saturated rings. The van der Waals surface area contributed by atoms with Crippen molar-refractivity contribution in [2.75, 3.05) is 0 Å². The zero-order valence-corrected chi connectivity index (χ0v) is 10.5. The largest absolute Gasteiger partial charge is 0.324 e. The molecular formula is C13H20ClN. The van der Waals surface area contributed by atoms with Gasteiger partial charge in [0.25, 0.3) is 0 Å². The molecule has 1 rings (SSSR count). The summed E-state index contributed by atoms with van der Waals surface area (Å²) >= 11 is 5.91. The molecule has 0 radical (unpaired) electrons. The number of aryl methyl sites for hydroxylation is 1. The van der Waals surface area contributed by atoms with E-state index in [9.17, 15) is 0 Å². The summed E-state index contributed by atoms with van der Waals surface area (Å²) in [7, 11) is 0. The quantitative estimate of drug-likeness (QED) is 0.821. The fourth-order valence-corrected chi connectivity index (χ4v) is 1.95. The van der Waals surface area contributed by atoms with Crippen molar-refractivity contribution in [1.29, 1.82) is 0 Å². The molecule has 1 nitrogen and oxygen atoms in total. The summed E-state index contributed by atoms with van der Waals surface area (Å²) in [5.41, 5.74) is 8.57. The van der Waals surface area contributed by atoms with E-state index in [1.165, 1.54) is 17.5 Å². The minimum Gasteiger partial charge on any atom is -0.324 e. The molecule has 0 spiro atoms. The van der Waals surface area contributed by atoms with Crippen molar-refractivity contribution in [2.45, 2.75) is 39.7 Å². The normalized spacial score (nSPS) is 13.2. The highest BCUT2D eigenvalue weighted by Crippen LogP contribution is 2.24. The number of hydrogen-bond acceptors (Lipinski definition) is 1. The molecule has 0 aliphatic heterocycles. The van der Waals surface area contributed by atoms with Gasteiger partial charge in [0.05, 0.1) is 0 Å². The molecular weight excluding hydrogens is 206 g/mol. The van der Waals surface area contributed by atoms with Crippen LogP contribution in [0.2, 0.25) is 5.02 Å². The molecule has 0 aliphatic rings. The summed E-state index contributed by atoms with van der Waals surface area (Å²) in [6.45, 7) is 6.51. The summed E-state index contributed by atoms with van der Waals surface area (Å²) in [6.07, 6.45) is 2.21.